The second kappa shape index (κ2) is 10.9. The van der Waals surface area contributed by atoms with Crippen molar-refractivity contribution < 1.29 is 14.3 Å². The predicted octanol–water partition coefficient (Wildman–Crippen LogP) is 4.77. The normalized spacial score (nSPS) is 11.1. The molecule has 0 aliphatic heterocycles. The number of halogens is 2. The number of carbonyl (C=O) groups is 1. The maximum Gasteiger partial charge on any atom is 0.261 e. The van der Waals surface area contributed by atoms with E-state index in [4.69, 9.17) is 32.7 Å². The van der Waals surface area contributed by atoms with Gasteiger partial charge in [0.1, 0.15) is 16.8 Å². The van der Waals surface area contributed by atoms with E-state index in [0.717, 1.165) is 5.56 Å². The van der Waals surface area contributed by atoms with Crippen LogP contribution in [0.3, 0.4) is 0 Å². The summed E-state index contributed by atoms with van der Waals surface area (Å²) < 4.78 is 12.1. The highest BCUT2D eigenvalue weighted by Crippen LogP contribution is 2.28. The summed E-state index contributed by atoms with van der Waals surface area (Å²) in [5.74, 6) is 0.751. The first kappa shape index (κ1) is 24.2. The van der Waals surface area contributed by atoms with Crippen LogP contribution < -0.4 is 14.8 Å². The number of nitrogens with zero attached hydrogens (tertiary/aromatic N) is 3. The van der Waals surface area contributed by atoms with E-state index < -0.39 is 5.91 Å². The molecule has 1 amide bonds. The summed E-state index contributed by atoms with van der Waals surface area (Å²) in [5, 5.41) is 17.6. The molecule has 0 unspecified atom stereocenters. The Bertz CT molecular complexity index is 1230. The molecule has 33 heavy (non-hydrogen) atoms. The highest BCUT2D eigenvalue weighted by Gasteiger charge is 2.17. The van der Waals surface area contributed by atoms with Crippen molar-refractivity contribution in [3.05, 3.63) is 75.0 Å². The molecule has 0 atom stereocenters. The lowest BCUT2D eigenvalue weighted by molar-refractivity contribution is -0.117. The lowest BCUT2D eigenvalue weighted by atomic mass is 10.1. The summed E-state index contributed by atoms with van der Waals surface area (Å²) in [4.78, 5) is 12.6. The zero-order valence-electron chi connectivity index (χ0n) is 18.4. The number of amides is 1. The Morgan fingerprint density at radius 3 is 2.48 bits per heavy atom. The van der Waals surface area contributed by atoms with Crippen LogP contribution in [0.2, 0.25) is 10.2 Å². The number of aryl methyl sites for hydroxylation is 1. The van der Waals surface area contributed by atoms with E-state index in [1.54, 1.807) is 51.5 Å². The first-order valence-corrected chi connectivity index (χ1v) is 10.8. The number of nitrogens with one attached hydrogen (secondary N) is 1. The van der Waals surface area contributed by atoms with Crippen molar-refractivity contribution in [2.75, 3.05) is 20.8 Å². The van der Waals surface area contributed by atoms with E-state index in [2.05, 4.69) is 10.4 Å². The minimum Gasteiger partial charge on any atom is -0.493 e. The topological polar surface area (TPSA) is 89.2 Å². The molecule has 0 fully saturated rings. The minimum absolute atomic E-state index is 0.0667. The third kappa shape index (κ3) is 5.67. The Balaban J connectivity index is 1.72. The maximum atomic E-state index is 12.6. The molecule has 9 heteroatoms. The molecular formula is C24H22Cl2N4O3. The standard InChI is InChI=1S/C24H22Cl2N4O3/c1-15-20(23(26)30(29-15)19-7-5-18(25)6-8-19)13-17(14-27)24(31)28-11-10-16-4-9-21(32-2)22(12-16)33-3/h4-9,12-13H,10-11H2,1-3H3,(H,28,31)/b17-13+. The number of rotatable bonds is 8. The van der Waals surface area contributed by atoms with E-state index in [0.29, 0.717) is 51.6 Å². The van der Waals surface area contributed by atoms with Gasteiger partial charge in [-0.25, -0.2) is 4.68 Å². The lowest BCUT2D eigenvalue weighted by Gasteiger charge is -2.10. The number of methoxy groups -OCH3 is 2. The van der Waals surface area contributed by atoms with Crippen molar-refractivity contribution in [1.29, 1.82) is 5.26 Å². The van der Waals surface area contributed by atoms with E-state index in [1.807, 2.05) is 18.2 Å². The highest BCUT2D eigenvalue weighted by molar-refractivity contribution is 6.31. The number of benzene rings is 2. The van der Waals surface area contributed by atoms with Gasteiger partial charge in [-0.3, -0.25) is 4.79 Å². The fourth-order valence-electron chi connectivity index (χ4n) is 3.17. The molecule has 1 aromatic heterocycles. The fourth-order valence-corrected chi connectivity index (χ4v) is 3.63. The van der Waals surface area contributed by atoms with E-state index >= 15 is 0 Å². The minimum atomic E-state index is -0.493. The first-order valence-electron chi connectivity index (χ1n) is 10.00. The van der Waals surface area contributed by atoms with Gasteiger partial charge in [0.25, 0.3) is 5.91 Å². The molecule has 1 N–H and O–H groups in total. The van der Waals surface area contributed by atoms with Crippen molar-refractivity contribution in [1.82, 2.24) is 15.1 Å². The van der Waals surface area contributed by atoms with Crippen LogP contribution in [0.1, 0.15) is 16.8 Å². The Morgan fingerprint density at radius 2 is 1.85 bits per heavy atom. The lowest BCUT2D eigenvalue weighted by Crippen LogP contribution is -2.26. The zero-order chi connectivity index (χ0) is 24.0. The molecule has 0 spiro atoms. The number of aromatic nitrogens is 2. The molecule has 0 bridgehead atoms. The van der Waals surface area contributed by atoms with Gasteiger partial charge in [-0.05, 0) is 61.4 Å². The molecule has 2 aromatic carbocycles. The third-order valence-corrected chi connectivity index (χ3v) is 5.54. The molecule has 3 rings (SSSR count). The van der Waals surface area contributed by atoms with Gasteiger partial charge < -0.3 is 14.8 Å². The predicted molar refractivity (Wildman–Crippen MR) is 128 cm³/mol. The Labute approximate surface area is 202 Å². The second-order valence-corrected chi connectivity index (χ2v) is 7.84. The third-order valence-electron chi connectivity index (χ3n) is 4.92. The van der Waals surface area contributed by atoms with Crippen molar-refractivity contribution in [3.8, 4) is 23.3 Å². The van der Waals surface area contributed by atoms with E-state index in [-0.39, 0.29) is 5.57 Å². The molecular weight excluding hydrogens is 463 g/mol. The molecule has 7 nitrogen and oxygen atoms in total. The average Bonchev–Trinajstić information content (AvgIpc) is 3.10. The van der Waals surface area contributed by atoms with Crippen molar-refractivity contribution in [2.45, 2.75) is 13.3 Å². The molecule has 3 aromatic rings. The van der Waals surface area contributed by atoms with Crippen LogP contribution in [0.15, 0.2) is 48.0 Å². The van der Waals surface area contributed by atoms with Crippen molar-refractivity contribution in [2.24, 2.45) is 0 Å². The first-order chi connectivity index (χ1) is 15.9. The summed E-state index contributed by atoms with van der Waals surface area (Å²) >= 11 is 12.4. The van der Waals surface area contributed by atoms with E-state index in [9.17, 15) is 10.1 Å². The molecule has 0 radical (unpaired) electrons. The fraction of sp³-hybridized carbons (Fsp3) is 0.208. The number of carbonyl (C=O) groups excluding carboxylic acids is 1. The number of nitriles is 1. The maximum absolute atomic E-state index is 12.6. The molecule has 0 aliphatic carbocycles. The molecule has 0 saturated heterocycles. The SMILES string of the molecule is COc1ccc(CCNC(=O)/C(C#N)=C/c2c(C)nn(-c3ccc(Cl)cc3)c2Cl)cc1OC. The highest BCUT2D eigenvalue weighted by atomic mass is 35.5. The van der Waals surface area contributed by atoms with Crippen LogP contribution in [0.25, 0.3) is 11.8 Å². The van der Waals surface area contributed by atoms with Gasteiger partial charge >= 0.3 is 0 Å². The van der Waals surface area contributed by atoms with Crippen LogP contribution >= 0.6 is 23.2 Å². The van der Waals surface area contributed by atoms with Gasteiger partial charge in [-0.2, -0.15) is 10.4 Å². The summed E-state index contributed by atoms with van der Waals surface area (Å²) in [7, 11) is 3.14. The summed E-state index contributed by atoms with van der Waals surface area (Å²) in [6.45, 7) is 2.10. The van der Waals surface area contributed by atoms with Gasteiger partial charge in [-0.1, -0.05) is 29.3 Å². The van der Waals surface area contributed by atoms with Gasteiger partial charge in [-0.15, -0.1) is 0 Å². The Kier molecular flexibility index (Phi) is 7.99. The van der Waals surface area contributed by atoms with Crippen LogP contribution in [0.5, 0.6) is 11.5 Å². The smallest absolute Gasteiger partial charge is 0.261 e. The van der Waals surface area contributed by atoms with Crippen molar-refractivity contribution in [3.63, 3.8) is 0 Å². The van der Waals surface area contributed by atoms with Crippen LogP contribution in [0, 0.1) is 18.3 Å². The van der Waals surface area contributed by atoms with Gasteiger partial charge in [0.05, 0.1) is 25.6 Å². The Morgan fingerprint density at radius 1 is 1.15 bits per heavy atom. The monoisotopic (exact) mass is 484 g/mol. The second-order valence-electron chi connectivity index (χ2n) is 7.04. The van der Waals surface area contributed by atoms with Crippen LogP contribution in [0.4, 0.5) is 0 Å². The van der Waals surface area contributed by atoms with E-state index in [1.165, 1.54) is 10.8 Å². The van der Waals surface area contributed by atoms with Crippen LogP contribution in [-0.2, 0) is 11.2 Å². The number of ether oxygens (including phenoxy) is 2. The summed E-state index contributed by atoms with van der Waals surface area (Å²) in [6.07, 6.45) is 2.00. The number of hydrogen-bond donors (Lipinski definition) is 1. The number of hydrogen-bond acceptors (Lipinski definition) is 5. The van der Waals surface area contributed by atoms with Crippen molar-refractivity contribution >= 4 is 35.2 Å². The largest absolute Gasteiger partial charge is 0.493 e. The zero-order valence-corrected chi connectivity index (χ0v) is 19.9. The summed E-state index contributed by atoms with van der Waals surface area (Å²) in [5.41, 5.74) is 2.69. The Hall–Kier alpha value is -3.47. The molecule has 0 aliphatic rings. The summed E-state index contributed by atoms with van der Waals surface area (Å²) in [6, 6.07) is 14.5. The van der Waals surface area contributed by atoms with Gasteiger partial charge in [0.2, 0.25) is 0 Å². The molecule has 0 saturated carbocycles. The van der Waals surface area contributed by atoms with Crippen LogP contribution in [-0.4, -0.2) is 36.5 Å². The van der Waals surface area contributed by atoms with Gasteiger partial charge in [0.15, 0.2) is 11.5 Å². The van der Waals surface area contributed by atoms with Gasteiger partial charge in [0, 0.05) is 17.1 Å². The quantitative estimate of drug-likeness (QED) is 0.367. The molecule has 1 heterocycles. The average molecular weight is 485 g/mol. The molecule has 170 valence electrons.